The summed E-state index contributed by atoms with van der Waals surface area (Å²) in [5.74, 6) is 1.07. The van der Waals surface area contributed by atoms with E-state index in [1.807, 2.05) is 0 Å². The topological polar surface area (TPSA) is 12.0 Å². The van der Waals surface area contributed by atoms with Crippen LogP contribution >= 0.6 is 12.4 Å². The van der Waals surface area contributed by atoms with Crippen LogP contribution in [0.5, 0.6) is 0 Å². The van der Waals surface area contributed by atoms with E-state index in [1.54, 1.807) is 0 Å². The summed E-state index contributed by atoms with van der Waals surface area (Å²) in [7, 11) is 0. The molecule has 1 heterocycles. The molecule has 1 unspecified atom stereocenters. The average molecular weight is 204 g/mol. The predicted octanol–water partition coefficient (Wildman–Crippen LogP) is 3.13. The molecule has 1 saturated heterocycles. The second-order valence-electron chi connectivity index (χ2n) is 4.53. The molecule has 1 atom stereocenters. The quantitative estimate of drug-likeness (QED) is 0.727. The maximum Gasteiger partial charge on any atom is 0.00697 e. The number of nitrogens with one attached hydrogen (secondary N) is 1. The molecule has 0 aromatic rings. The van der Waals surface area contributed by atoms with Gasteiger partial charge in [-0.1, -0.05) is 32.1 Å². The summed E-state index contributed by atoms with van der Waals surface area (Å²) in [6.07, 6.45) is 11.8. The van der Waals surface area contributed by atoms with Crippen LogP contribution in [0.4, 0.5) is 0 Å². The zero-order chi connectivity index (χ0) is 8.23. The Hall–Kier alpha value is 0.250. The van der Waals surface area contributed by atoms with Crippen molar-refractivity contribution in [3.8, 4) is 0 Å². The fourth-order valence-corrected chi connectivity index (χ4v) is 2.77. The molecule has 0 spiro atoms. The highest BCUT2D eigenvalue weighted by Gasteiger charge is 2.20. The van der Waals surface area contributed by atoms with Crippen molar-refractivity contribution in [2.24, 2.45) is 5.92 Å². The van der Waals surface area contributed by atoms with Crippen molar-refractivity contribution in [1.29, 1.82) is 0 Å². The van der Waals surface area contributed by atoms with Gasteiger partial charge in [0.05, 0.1) is 0 Å². The number of halogens is 1. The molecule has 1 aliphatic carbocycles. The summed E-state index contributed by atoms with van der Waals surface area (Å²) in [5, 5.41) is 3.65. The SMILES string of the molecule is C1CCC(CC2CCCC2)NC1.Cl. The molecule has 2 heteroatoms. The van der Waals surface area contributed by atoms with E-state index in [0.29, 0.717) is 0 Å². The predicted molar refractivity (Wildman–Crippen MR) is 59.5 cm³/mol. The molecule has 1 saturated carbocycles. The standard InChI is InChI=1S/C11H21N.ClH/c1-2-6-10(5-1)9-11-7-3-4-8-12-11;/h10-12H,1-9H2;1H. The van der Waals surface area contributed by atoms with E-state index in [-0.39, 0.29) is 12.4 Å². The lowest BCUT2D eigenvalue weighted by atomic mass is 9.93. The van der Waals surface area contributed by atoms with Crippen molar-refractivity contribution >= 4 is 12.4 Å². The summed E-state index contributed by atoms with van der Waals surface area (Å²) in [6, 6.07) is 0.877. The van der Waals surface area contributed by atoms with Crippen LogP contribution in [0.3, 0.4) is 0 Å². The largest absolute Gasteiger partial charge is 0.314 e. The Kier molecular flexibility index (Phi) is 5.12. The fraction of sp³-hybridized carbons (Fsp3) is 1.00. The molecule has 2 fully saturated rings. The lowest BCUT2D eigenvalue weighted by molar-refractivity contribution is 0.329. The van der Waals surface area contributed by atoms with Gasteiger partial charge in [0.2, 0.25) is 0 Å². The summed E-state index contributed by atoms with van der Waals surface area (Å²) < 4.78 is 0. The lowest BCUT2D eigenvalue weighted by Gasteiger charge is -2.25. The van der Waals surface area contributed by atoms with Gasteiger partial charge in [-0.25, -0.2) is 0 Å². The summed E-state index contributed by atoms with van der Waals surface area (Å²) in [6.45, 7) is 1.28. The molecule has 78 valence electrons. The second kappa shape index (κ2) is 5.87. The van der Waals surface area contributed by atoms with Crippen LogP contribution in [0.25, 0.3) is 0 Å². The first-order chi connectivity index (χ1) is 5.95. The Morgan fingerprint density at radius 3 is 2.23 bits per heavy atom. The van der Waals surface area contributed by atoms with Crippen LogP contribution in [-0.4, -0.2) is 12.6 Å². The van der Waals surface area contributed by atoms with E-state index >= 15 is 0 Å². The van der Waals surface area contributed by atoms with Gasteiger partial charge in [-0.05, 0) is 31.7 Å². The molecule has 1 nitrogen and oxygen atoms in total. The molecule has 0 aromatic heterocycles. The monoisotopic (exact) mass is 203 g/mol. The fourth-order valence-electron chi connectivity index (χ4n) is 2.77. The van der Waals surface area contributed by atoms with Crippen molar-refractivity contribution in [1.82, 2.24) is 5.32 Å². The number of hydrogen-bond acceptors (Lipinski definition) is 1. The Morgan fingerprint density at radius 2 is 1.62 bits per heavy atom. The van der Waals surface area contributed by atoms with E-state index in [0.717, 1.165) is 12.0 Å². The van der Waals surface area contributed by atoms with E-state index in [1.165, 1.54) is 57.9 Å². The van der Waals surface area contributed by atoms with Crippen LogP contribution in [0.1, 0.15) is 51.4 Å². The first-order valence-electron chi connectivity index (χ1n) is 5.68. The van der Waals surface area contributed by atoms with Gasteiger partial charge in [-0.3, -0.25) is 0 Å². The highest BCUT2D eigenvalue weighted by atomic mass is 35.5. The third kappa shape index (κ3) is 3.47. The van der Waals surface area contributed by atoms with Crippen LogP contribution < -0.4 is 5.32 Å². The second-order valence-corrected chi connectivity index (χ2v) is 4.53. The van der Waals surface area contributed by atoms with Crippen molar-refractivity contribution in [3.63, 3.8) is 0 Å². The molecule has 2 rings (SSSR count). The highest BCUT2D eigenvalue weighted by molar-refractivity contribution is 5.85. The van der Waals surface area contributed by atoms with Crippen LogP contribution in [-0.2, 0) is 0 Å². The number of hydrogen-bond donors (Lipinski definition) is 1. The van der Waals surface area contributed by atoms with Crippen molar-refractivity contribution < 1.29 is 0 Å². The molecule has 0 bridgehead atoms. The van der Waals surface area contributed by atoms with Crippen LogP contribution in [0, 0.1) is 5.92 Å². The first-order valence-corrected chi connectivity index (χ1v) is 5.68. The number of piperidine rings is 1. The molecule has 13 heavy (non-hydrogen) atoms. The molecule has 1 aliphatic heterocycles. The molecule has 2 aliphatic rings. The van der Waals surface area contributed by atoms with E-state index in [9.17, 15) is 0 Å². The molecular weight excluding hydrogens is 182 g/mol. The molecule has 0 radical (unpaired) electrons. The van der Waals surface area contributed by atoms with Gasteiger partial charge in [-0.15, -0.1) is 12.4 Å². The Balaban J connectivity index is 0.000000845. The summed E-state index contributed by atoms with van der Waals surface area (Å²) >= 11 is 0. The van der Waals surface area contributed by atoms with E-state index in [4.69, 9.17) is 0 Å². The van der Waals surface area contributed by atoms with E-state index < -0.39 is 0 Å². The maximum absolute atomic E-state index is 3.65. The normalized spacial score (nSPS) is 30.0. The lowest BCUT2D eigenvalue weighted by Crippen LogP contribution is -2.35. The van der Waals surface area contributed by atoms with Gasteiger partial charge in [-0.2, -0.15) is 0 Å². The van der Waals surface area contributed by atoms with Crippen molar-refractivity contribution in [3.05, 3.63) is 0 Å². The zero-order valence-corrected chi connectivity index (χ0v) is 9.24. The average Bonchev–Trinajstić information content (AvgIpc) is 2.59. The van der Waals surface area contributed by atoms with Gasteiger partial charge in [0, 0.05) is 6.04 Å². The highest BCUT2D eigenvalue weighted by Crippen LogP contribution is 2.30. The van der Waals surface area contributed by atoms with Gasteiger partial charge >= 0.3 is 0 Å². The van der Waals surface area contributed by atoms with E-state index in [2.05, 4.69) is 5.32 Å². The molecular formula is C11H22ClN. The maximum atomic E-state index is 3.65. The first kappa shape index (κ1) is 11.3. The molecule has 0 aromatic carbocycles. The van der Waals surface area contributed by atoms with Gasteiger partial charge in [0.1, 0.15) is 0 Å². The summed E-state index contributed by atoms with van der Waals surface area (Å²) in [5.41, 5.74) is 0. The summed E-state index contributed by atoms with van der Waals surface area (Å²) in [4.78, 5) is 0. The zero-order valence-electron chi connectivity index (χ0n) is 8.43. The third-order valence-corrected chi connectivity index (χ3v) is 3.50. The van der Waals surface area contributed by atoms with Crippen LogP contribution in [0.2, 0.25) is 0 Å². The van der Waals surface area contributed by atoms with Gasteiger partial charge < -0.3 is 5.32 Å². The Bertz CT molecular complexity index is 126. The minimum atomic E-state index is 0. The minimum Gasteiger partial charge on any atom is -0.314 e. The van der Waals surface area contributed by atoms with Crippen molar-refractivity contribution in [2.45, 2.75) is 57.4 Å². The van der Waals surface area contributed by atoms with Crippen LogP contribution in [0.15, 0.2) is 0 Å². The van der Waals surface area contributed by atoms with Gasteiger partial charge in [0.25, 0.3) is 0 Å². The minimum absolute atomic E-state index is 0. The number of rotatable bonds is 2. The Labute approximate surface area is 88.1 Å². The molecule has 0 amide bonds. The van der Waals surface area contributed by atoms with Crippen molar-refractivity contribution in [2.75, 3.05) is 6.54 Å². The van der Waals surface area contributed by atoms with Gasteiger partial charge in [0.15, 0.2) is 0 Å². The molecule has 1 N–H and O–H groups in total. The smallest absolute Gasteiger partial charge is 0.00697 e. The third-order valence-electron chi connectivity index (χ3n) is 3.50. The Morgan fingerprint density at radius 1 is 0.923 bits per heavy atom.